The van der Waals surface area contributed by atoms with Crippen LogP contribution in [0.3, 0.4) is 0 Å². The second-order valence-corrected chi connectivity index (χ2v) is 7.78. The Hall–Kier alpha value is -0.160. The SMILES string of the molecule is CCC(C)(COC)CC(C)(C)CN1CCN(CCO)CC1. The van der Waals surface area contributed by atoms with Gasteiger partial charge in [0.2, 0.25) is 0 Å². The van der Waals surface area contributed by atoms with Gasteiger partial charge in [-0.05, 0) is 23.7 Å². The number of β-amino-alcohol motifs (C(OH)–C–C–N with tert-alkyl or cyclic N) is 1. The summed E-state index contributed by atoms with van der Waals surface area (Å²) in [6, 6.07) is 0. The number of rotatable bonds is 9. The van der Waals surface area contributed by atoms with Gasteiger partial charge in [-0.1, -0.05) is 27.7 Å². The van der Waals surface area contributed by atoms with E-state index < -0.39 is 0 Å². The number of methoxy groups -OCH3 is 1. The maximum absolute atomic E-state index is 9.01. The van der Waals surface area contributed by atoms with Crippen LogP contribution in [0.2, 0.25) is 0 Å². The number of piperazine rings is 1. The van der Waals surface area contributed by atoms with Gasteiger partial charge in [0.25, 0.3) is 0 Å². The average molecular weight is 300 g/mol. The zero-order valence-corrected chi connectivity index (χ0v) is 14.8. The summed E-state index contributed by atoms with van der Waals surface area (Å²) in [5.41, 5.74) is 0.583. The lowest BCUT2D eigenvalue weighted by Crippen LogP contribution is -2.50. The minimum Gasteiger partial charge on any atom is -0.395 e. The second-order valence-electron chi connectivity index (χ2n) is 7.78. The van der Waals surface area contributed by atoms with Gasteiger partial charge in [-0.3, -0.25) is 4.90 Å². The summed E-state index contributed by atoms with van der Waals surface area (Å²) in [5.74, 6) is 0. The highest BCUT2D eigenvalue weighted by Crippen LogP contribution is 2.37. The Labute approximate surface area is 131 Å². The van der Waals surface area contributed by atoms with Crippen molar-refractivity contribution in [2.75, 3.05) is 59.6 Å². The molecule has 1 atom stereocenters. The summed E-state index contributed by atoms with van der Waals surface area (Å²) in [4.78, 5) is 4.93. The summed E-state index contributed by atoms with van der Waals surface area (Å²) in [7, 11) is 1.81. The summed E-state index contributed by atoms with van der Waals surface area (Å²) in [6.45, 7) is 16.9. The number of hydrogen-bond acceptors (Lipinski definition) is 4. The van der Waals surface area contributed by atoms with Gasteiger partial charge in [0.15, 0.2) is 0 Å². The Morgan fingerprint density at radius 3 is 2.10 bits per heavy atom. The zero-order valence-electron chi connectivity index (χ0n) is 14.8. The van der Waals surface area contributed by atoms with Gasteiger partial charge in [0.05, 0.1) is 13.2 Å². The molecule has 1 heterocycles. The molecule has 1 fully saturated rings. The van der Waals surface area contributed by atoms with E-state index in [1.54, 1.807) is 7.11 Å². The minimum absolute atomic E-state index is 0.275. The summed E-state index contributed by atoms with van der Waals surface area (Å²) in [6.07, 6.45) is 2.36. The normalized spacial score (nSPS) is 21.4. The summed E-state index contributed by atoms with van der Waals surface area (Å²) >= 11 is 0. The van der Waals surface area contributed by atoms with E-state index in [1.807, 2.05) is 0 Å². The highest BCUT2D eigenvalue weighted by Gasteiger charge is 2.33. The van der Waals surface area contributed by atoms with Crippen LogP contribution < -0.4 is 0 Å². The predicted molar refractivity (Wildman–Crippen MR) is 88.6 cm³/mol. The molecule has 1 unspecified atom stereocenters. The Kier molecular flexibility index (Phi) is 7.62. The first-order valence-corrected chi connectivity index (χ1v) is 8.39. The Bertz CT molecular complexity index is 289. The number of aliphatic hydroxyl groups is 1. The lowest BCUT2D eigenvalue weighted by molar-refractivity contribution is 0.0279. The summed E-state index contributed by atoms with van der Waals surface area (Å²) < 4.78 is 5.43. The van der Waals surface area contributed by atoms with Crippen molar-refractivity contribution in [3.8, 4) is 0 Å². The highest BCUT2D eigenvalue weighted by molar-refractivity contribution is 4.85. The molecule has 4 heteroatoms. The molecule has 0 spiro atoms. The molecule has 0 aromatic heterocycles. The van der Waals surface area contributed by atoms with Crippen LogP contribution in [-0.4, -0.2) is 74.5 Å². The molecule has 1 N–H and O–H groups in total. The fraction of sp³-hybridized carbons (Fsp3) is 1.00. The van der Waals surface area contributed by atoms with Gasteiger partial charge in [-0.25, -0.2) is 0 Å². The third-order valence-electron chi connectivity index (χ3n) is 4.78. The average Bonchev–Trinajstić information content (AvgIpc) is 2.40. The van der Waals surface area contributed by atoms with Crippen molar-refractivity contribution < 1.29 is 9.84 Å². The van der Waals surface area contributed by atoms with Crippen molar-refractivity contribution in [1.29, 1.82) is 0 Å². The standard InChI is InChI=1S/C17H36N2O2/c1-6-17(4,15-21-5)13-16(2,3)14-19-9-7-18(8-10-19)11-12-20/h20H,6-15H2,1-5H3. The Morgan fingerprint density at radius 1 is 1.05 bits per heavy atom. The molecule has 0 radical (unpaired) electrons. The quantitative estimate of drug-likeness (QED) is 0.707. The van der Waals surface area contributed by atoms with Crippen LogP contribution in [0.15, 0.2) is 0 Å². The van der Waals surface area contributed by atoms with Crippen molar-refractivity contribution in [3.05, 3.63) is 0 Å². The van der Waals surface area contributed by atoms with E-state index in [-0.39, 0.29) is 12.0 Å². The molecule has 0 aromatic rings. The molecular weight excluding hydrogens is 264 g/mol. The third-order valence-corrected chi connectivity index (χ3v) is 4.78. The maximum Gasteiger partial charge on any atom is 0.0558 e. The first-order valence-electron chi connectivity index (χ1n) is 8.39. The van der Waals surface area contributed by atoms with Crippen LogP contribution in [-0.2, 0) is 4.74 Å². The van der Waals surface area contributed by atoms with Crippen LogP contribution in [0.1, 0.15) is 40.5 Å². The van der Waals surface area contributed by atoms with Crippen LogP contribution in [0.25, 0.3) is 0 Å². The zero-order chi connectivity index (χ0) is 15.9. The first-order chi connectivity index (χ1) is 9.84. The molecule has 126 valence electrons. The van der Waals surface area contributed by atoms with Crippen LogP contribution >= 0.6 is 0 Å². The number of ether oxygens (including phenoxy) is 1. The number of hydrogen-bond donors (Lipinski definition) is 1. The van der Waals surface area contributed by atoms with E-state index in [9.17, 15) is 0 Å². The van der Waals surface area contributed by atoms with Crippen molar-refractivity contribution in [3.63, 3.8) is 0 Å². The lowest BCUT2D eigenvalue weighted by Gasteiger charge is -2.42. The second kappa shape index (κ2) is 8.47. The maximum atomic E-state index is 9.01. The third kappa shape index (κ3) is 6.64. The predicted octanol–water partition coefficient (Wildman–Crippen LogP) is 2.08. The minimum atomic E-state index is 0.275. The molecule has 0 amide bonds. The highest BCUT2D eigenvalue weighted by atomic mass is 16.5. The van der Waals surface area contributed by atoms with Gasteiger partial charge >= 0.3 is 0 Å². The van der Waals surface area contributed by atoms with Gasteiger partial charge in [0, 0.05) is 46.4 Å². The van der Waals surface area contributed by atoms with Crippen molar-refractivity contribution in [2.45, 2.75) is 40.5 Å². The molecular formula is C17H36N2O2. The van der Waals surface area contributed by atoms with Crippen molar-refractivity contribution >= 4 is 0 Å². The molecule has 0 bridgehead atoms. The Morgan fingerprint density at radius 2 is 1.62 bits per heavy atom. The van der Waals surface area contributed by atoms with E-state index in [2.05, 4.69) is 37.5 Å². The lowest BCUT2D eigenvalue weighted by atomic mass is 9.72. The Balaban J connectivity index is 2.45. The molecule has 1 rings (SSSR count). The van der Waals surface area contributed by atoms with E-state index in [0.717, 1.165) is 52.3 Å². The largest absolute Gasteiger partial charge is 0.395 e. The van der Waals surface area contributed by atoms with Crippen LogP contribution in [0.4, 0.5) is 0 Å². The number of aliphatic hydroxyl groups excluding tert-OH is 1. The molecule has 21 heavy (non-hydrogen) atoms. The molecule has 0 saturated carbocycles. The molecule has 1 aliphatic rings. The molecule has 1 saturated heterocycles. The van der Waals surface area contributed by atoms with Gasteiger partial charge < -0.3 is 14.7 Å². The molecule has 4 nitrogen and oxygen atoms in total. The van der Waals surface area contributed by atoms with Gasteiger partial charge in [-0.15, -0.1) is 0 Å². The van der Waals surface area contributed by atoms with E-state index in [1.165, 1.54) is 6.42 Å². The van der Waals surface area contributed by atoms with Crippen LogP contribution in [0, 0.1) is 10.8 Å². The van der Waals surface area contributed by atoms with Gasteiger partial charge in [-0.2, -0.15) is 0 Å². The molecule has 1 aliphatic heterocycles. The summed E-state index contributed by atoms with van der Waals surface area (Å²) in [5, 5.41) is 9.01. The van der Waals surface area contributed by atoms with E-state index in [4.69, 9.17) is 9.84 Å². The first kappa shape index (κ1) is 18.9. The number of nitrogens with zero attached hydrogens (tertiary/aromatic N) is 2. The van der Waals surface area contributed by atoms with Crippen molar-refractivity contribution in [2.24, 2.45) is 10.8 Å². The fourth-order valence-corrected chi connectivity index (χ4v) is 3.76. The monoisotopic (exact) mass is 300 g/mol. The van der Waals surface area contributed by atoms with Crippen molar-refractivity contribution in [1.82, 2.24) is 9.80 Å². The smallest absolute Gasteiger partial charge is 0.0558 e. The van der Waals surface area contributed by atoms with Gasteiger partial charge in [0.1, 0.15) is 0 Å². The fourth-order valence-electron chi connectivity index (χ4n) is 3.76. The molecule has 0 aromatic carbocycles. The molecule has 0 aliphatic carbocycles. The van der Waals surface area contributed by atoms with Crippen LogP contribution in [0.5, 0.6) is 0 Å². The topological polar surface area (TPSA) is 35.9 Å². The van der Waals surface area contributed by atoms with E-state index >= 15 is 0 Å². The van der Waals surface area contributed by atoms with E-state index in [0.29, 0.717) is 5.41 Å².